The number of unbranched alkanes of at least 4 members (excludes halogenated alkanes) is 24. The van der Waals surface area contributed by atoms with E-state index in [2.05, 4.69) is 71.7 Å². The van der Waals surface area contributed by atoms with E-state index in [9.17, 15) is 0 Å². The summed E-state index contributed by atoms with van der Waals surface area (Å²) in [4.78, 5) is 1.86. The largest absolute Gasteiger partial charge is 0.205 e. The number of benzene rings is 1. The number of rotatable bonds is 38. The molecule has 3 heterocycles. The third kappa shape index (κ3) is 19.6. The molecule has 0 spiro atoms. The molecule has 0 fully saturated rings. The Morgan fingerprint density at radius 1 is 0.476 bits per heavy atom. The highest BCUT2D eigenvalue weighted by atomic mass is 79.9. The van der Waals surface area contributed by atoms with Gasteiger partial charge in [-0.3, -0.25) is 0 Å². The van der Waals surface area contributed by atoms with Gasteiger partial charge in [0, 0.05) is 15.3 Å². The Bertz CT molecular complexity index is 1680. The number of aromatic nitrogens is 2. The smallest absolute Gasteiger partial charge is 0.153 e. The Morgan fingerprint density at radius 3 is 1.13 bits per heavy atom. The van der Waals surface area contributed by atoms with Gasteiger partial charge in [-0.2, -0.15) is 8.75 Å². The third-order valence-corrected chi connectivity index (χ3v) is 18.3. The Hall–Kier alpha value is -0.380. The molecule has 0 saturated carbocycles. The molecule has 9 heteroatoms. The molecule has 0 aliphatic heterocycles. The first-order chi connectivity index (χ1) is 30.8. The molecule has 0 radical (unpaired) electrons. The summed E-state index contributed by atoms with van der Waals surface area (Å²) in [5.41, 5.74) is 5.13. The average Bonchev–Trinajstić information content (AvgIpc) is 4.00. The molecule has 63 heavy (non-hydrogen) atoms. The van der Waals surface area contributed by atoms with Crippen molar-refractivity contribution in [3.8, 4) is 20.9 Å². The van der Waals surface area contributed by atoms with E-state index in [0.29, 0.717) is 34.0 Å². The lowest BCUT2D eigenvalue weighted by Crippen LogP contribution is -2.05. The van der Waals surface area contributed by atoms with Crippen LogP contribution in [0.5, 0.6) is 0 Å². The highest BCUT2D eigenvalue weighted by molar-refractivity contribution is 9.11. The number of thiophene rings is 2. The fraction of sp³-hybridized carbons (Fsp3) is 0.741. The van der Waals surface area contributed by atoms with Gasteiger partial charge >= 0.3 is 0 Å². The molecule has 0 bridgehead atoms. The van der Waals surface area contributed by atoms with Crippen LogP contribution in [0, 0.1) is 17.7 Å². The summed E-state index contributed by atoms with van der Waals surface area (Å²) in [6.45, 7) is 9.17. The SMILES string of the molecule is CCCCCCCCCCC(CCCCCCCC)Cc1cc(-c2c(F)c(Cl)c(-c3cc(CC(CCCCCCCC)CCCCCCCCCC)c(Br)s3)c3nsnc23)sc1Br. The molecule has 0 saturated heterocycles. The molecule has 4 aromatic rings. The number of halogens is 4. The van der Waals surface area contributed by atoms with Gasteiger partial charge in [-0.1, -0.05) is 245 Å². The second-order valence-electron chi connectivity index (χ2n) is 18.9. The van der Waals surface area contributed by atoms with Crippen molar-refractivity contribution in [2.45, 2.75) is 246 Å². The molecular weight excluding hydrogens is 987 g/mol. The van der Waals surface area contributed by atoms with Gasteiger partial charge in [0.15, 0.2) is 5.82 Å². The van der Waals surface area contributed by atoms with Crippen molar-refractivity contribution in [2.24, 2.45) is 11.8 Å². The highest BCUT2D eigenvalue weighted by Crippen LogP contribution is 2.49. The number of hydrogen-bond acceptors (Lipinski definition) is 5. The monoisotopic (exact) mass is 1070 g/mol. The van der Waals surface area contributed by atoms with Gasteiger partial charge in [0.1, 0.15) is 11.0 Å². The van der Waals surface area contributed by atoms with E-state index >= 15 is 4.39 Å². The minimum atomic E-state index is -0.378. The molecule has 4 rings (SSSR count). The summed E-state index contributed by atoms with van der Waals surface area (Å²) in [6.07, 6.45) is 44.8. The van der Waals surface area contributed by atoms with Crippen molar-refractivity contribution < 1.29 is 4.39 Å². The summed E-state index contributed by atoms with van der Waals surface area (Å²) in [5.74, 6) is 0.920. The zero-order chi connectivity index (χ0) is 45.1. The van der Waals surface area contributed by atoms with E-state index in [1.54, 1.807) is 22.7 Å². The van der Waals surface area contributed by atoms with Crippen LogP contribution in [-0.2, 0) is 12.8 Å². The minimum Gasteiger partial charge on any atom is -0.205 e. The summed E-state index contributed by atoms with van der Waals surface area (Å²) in [6, 6.07) is 4.49. The van der Waals surface area contributed by atoms with E-state index in [1.807, 2.05) is 0 Å². The van der Waals surface area contributed by atoms with Crippen molar-refractivity contribution in [3.63, 3.8) is 0 Å². The Balaban J connectivity index is 1.49. The zero-order valence-corrected chi connectivity index (χ0v) is 46.4. The third-order valence-electron chi connectivity index (χ3n) is 13.5. The molecule has 0 aliphatic rings. The van der Waals surface area contributed by atoms with Crippen molar-refractivity contribution in [1.29, 1.82) is 0 Å². The van der Waals surface area contributed by atoms with Gasteiger partial charge in [0.2, 0.25) is 0 Å². The molecular formula is C54H84Br2ClFN2S3. The molecule has 2 unspecified atom stereocenters. The molecule has 0 N–H and O–H groups in total. The van der Waals surface area contributed by atoms with E-state index in [1.165, 1.54) is 217 Å². The molecule has 2 nitrogen and oxygen atoms in total. The Labute approximate surface area is 419 Å². The van der Waals surface area contributed by atoms with Gasteiger partial charge in [0.25, 0.3) is 0 Å². The van der Waals surface area contributed by atoms with E-state index in [0.717, 1.165) is 41.9 Å². The van der Waals surface area contributed by atoms with Crippen LogP contribution in [0.1, 0.15) is 244 Å². The predicted molar refractivity (Wildman–Crippen MR) is 289 cm³/mol. The first-order valence-corrected chi connectivity index (χ1v) is 30.4. The van der Waals surface area contributed by atoms with E-state index < -0.39 is 0 Å². The van der Waals surface area contributed by atoms with Gasteiger partial charge in [-0.15, -0.1) is 22.7 Å². The summed E-state index contributed by atoms with van der Waals surface area (Å²) >= 11 is 19.5. The second kappa shape index (κ2) is 33.2. The fourth-order valence-corrected chi connectivity index (χ4v) is 14.0. The van der Waals surface area contributed by atoms with Crippen molar-refractivity contribution in [1.82, 2.24) is 8.75 Å². The lowest BCUT2D eigenvalue weighted by molar-refractivity contribution is 0.400. The quantitative estimate of drug-likeness (QED) is 0.0418. The molecule has 356 valence electrons. The van der Waals surface area contributed by atoms with Gasteiger partial charge in [0.05, 0.1) is 29.9 Å². The molecule has 0 amide bonds. The number of fused-ring (bicyclic) bond motifs is 1. The first-order valence-electron chi connectivity index (χ1n) is 26.0. The van der Waals surface area contributed by atoms with Crippen LogP contribution < -0.4 is 0 Å². The lowest BCUT2D eigenvalue weighted by atomic mass is 9.89. The zero-order valence-electron chi connectivity index (χ0n) is 40.0. The van der Waals surface area contributed by atoms with Crippen LogP contribution in [0.15, 0.2) is 19.7 Å². The maximum atomic E-state index is 16.9. The highest BCUT2D eigenvalue weighted by Gasteiger charge is 2.28. The minimum absolute atomic E-state index is 0.162. The maximum absolute atomic E-state index is 16.9. The Kier molecular flexibility index (Phi) is 29.1. The van der Waals surface area contributed by atoms with Gasteiger partial charge < -0.3 is 0 Å². The van der Waals surface area contributed by atoms with Crippen LogP contribution in [0.25, 0.3) is 31.9 Å². The van der Waals surface area contributed by atoms with Crippen molar-refractivity contribution >= 4 is 88.9 Å². The average molecular weight is 1070 g/mol. The van der Waals surface area contributed by atoms with Crippen LogP contribution in [0.2, 0.25) is 5.02 Å². The van der Waals surface area contributed by atoms with Crippen LogP contribution in [0.4, 0.5) is 4.39 Å². The fourth-order valence-electron chi connectivity index (χ4n) is 9.61. The molecule has 0 aliphatic carbocycles. The van der Waals surface area contributed by atoms with Gasteiger partial charge in [-0.25, -0.2) is 4.39 Å². The van der Waals surface area contributed by atoms with Crippen molar-refractivity contribution in [3.05, 3.63) is 41.7 Å². The molecule has 2 atom stereocenters. The number of hydrogen-bond donors (Lipinski definition) is 0. The summed E-state index contributed by atoms with van der Waals surface area (Å²) < 4.78 is 28.7. The number of nitrogens with zero attached hydrogens (tertiary/aromatic N) is 2. The van der Waals surface area contributed by atoms with Crippen LogP contribution in [0.3, 0.4) is 0 Å². The summed E-state index contributed by atoms with van der Waals surface area (Å²) in [7, 11) is 0. The van der Waals surface area contributed by atoms with E-state index in [4.69, 9.17) is 20.3 Å². The van der Waals surface area contributed by atoms with Gasteiger partial charge in [-0.05, 0) is 79.8 Å². The standard InChI is InChI=1S/C54H84Br2ClFN2S3/c1-5-9-13-17-21-23-27-31-35-41(33-29-25-19-15-11-7-3)37-43-39-45(61-53(43)55)47-49(57)50(58)48(52-51(47)59-63-60-52)46-40-44(54(56)62-46)38-42(34-30-26-20-16-12-8-4)36-32-28-24-22-18-14-10-6-2/h39-42H,5-38H2,1-4H3. The van der Waals surface area contributed by atoms with E-state index in [-0.39, 0.29) is 10.8 Å². The summed E-state index contributed by atoms with van der Waals surface area (Å²) in [5, 5.41) is 0.162. The van der Waals surface area contributed by atoms with Crippen molar-refractivity contribution in [2.75, 3.05) is 0 Å². The maximum Gasteiger partial charge on any atom is 0.153 e. The van der Waals surface area contributed by atoms with Crippen LogP contribution >= 0.6 is 77.9 Å². The predicted octanol–water partition coefficient (Wildman–Crippen LogP) is 22.3. The lowest BCUT2D eigenvalue weighted by Gasteiger charge is -2.17. The molecule has 1 aromatic carbocycles. The first kappa shape index (κ1) is 55.2. The topological polar surface area (TPSA) is 25.8 Å². The second-order valence-corrected chi connectivity index (χ2v) is 24.6. The van der Waals surface area contributed by atoms with Crippen LogP contribution in [-0.4, -0.2) is 8.75 Å². The normalized spacial score (nSPS) is 12.9. The Morgan fingerprint density at radius 2 is 0.778 bits per heavy atom. The molecule has 3 aromatic heterocycles.